The van der Waals surface area contributed by atoms with Gasteiger partial charge in [0.25, 0.3) is 0 Å². The summed E-state index contributed by atoms with van der Waals surface area (Å²) in [5, 5.41) is 24.9. The predicted molar refractivity (Wildman–Crippen MR) is 106 cm³/mol. The molecule has 0 fully saturated rings. The number of benzene rings is 1. The molecule has 4 N–H and O–H groups in total. The fourth-order valence-electron chi connectivity index (χ4n) is 2.70. The fraction of sp³-hybridized carbons (Fsp3) is 0.222. The van der Waals surface area contributed by atoms with Crippen LogP contribution in [0.15, 0.2) is 36.5 Å². The maximum atomic E-state index is 10.9. The van der Waals surface area contributed by atoms with Crippen molar-refractivity contribution in [2.75, 3.05) is 23.9 Å². The Morgan fingerprint density at radius 3 is 2.96 bits per heavy atom. The van der Waals surface area contributed by atoms with Gasteiger partial charge in [0.1, 0.15) is 17.6 Å². The van der Waals surface area contributed by atoms with Gasteiger partial charge in [-0.05, 0) is 18.4 Å². The van der Waals surface area contributed by atoms with Crippen molar-refractivity contribution in [1.82, 2.24) is 20.3 Å². The van der Waals surface area contributed by atoms with Crippen LogP contribution in [0.1, 0.15) is 5.69 Å². The molecule has 0 aliphatic heterocycles. The molecule has 1 unspecified atom stereocenters. The van der Waals surface area contributed by atoms with Crippen molar-refractivity contribution in [1.29, 1.82) is 5.26 Å². The second-order valence-corrected chi connectivity index (χ2v) is 6.73. The first kappa shape index (κ1) is 18.5. The molecule has 9 heteroatoms. The molecular weight excluding hydrogens is 364 g/mol. The molecule has 0 aliphatic carbocycles. The number of anilines is 1. The van der Waals surface area contributed by atoms with E-state index in [1.165, 1.54) is 6.20 Å². The van der Waals surface area contributed by atoms with Crippen LogP contribution in [-0.4, -0.2) is 50.7 Å². The molecule has 1 amide bonds. The van der Waals surface area contributed by atoms with Gasteiger partial charge < -0.3 is 20.7 Å². The maximum Gasteiger partial charge on any atom is 0.404 e. The fourth-order valence-corrected chi connectivity index (χ4v) is 3.30. The van der Waals surface area contributed by atoms with Gasteiger partial charge in [-0.3, -0.25) is 0 Å². The number of amides is 1. The molecule has 0 saturated heterocycles. The van der Waals surface area contributed by atoms with Crippen LogP contribution in [0.5, 0.6) is 0 Å². The number of aromatic nitrogens is 3. The molecule has 0 aliphatic rings. The molecule has 0 bridgehead atoms. The largest absolute Gasteiger partial charge is 0.465 e. The summed E-state index contributed by atoms with van der Waals surface area (Å²) in [6, 6.07) is 11.5. The summed E-state index contributed by atoms with van der Waals surface area (Å²) in [6.07, 6.45) is 2.31. The monoisotopic (exact) mass is 382 g/mol. The lowest BCUT2D eigenvalue weighted by molar-refractivity contribution is 0.191. The third kappa shape index (κ3) is 4.48. The molecule has 3 aromatic rings. The van der Waals surface area contributed by atoms with Crippen LogP contribution in [0.25, 0.3) is 22.3 Å². The van der Waals surface area contributed by atoms with Crippen LogP contribution < -0.4 is 10.6 Å². The van der Waals surface area contributed by atoms with Gasteiger partial charge in [0, 0.05) is 23.2 Å². The van der Waals surface area contributed by atoms with Crippen LogP contribution in [-0.2, 0) is 0 Å². The van der Waals surface area contributed by atoms with Gasteiger partial charge in [-0.25, -0.2) is 14.8 Å². The number of nitrogens with one attached hydrogen (secondary N) is 3. The standard InChI is InChI=1S/C18H18N6O2S/c1-27-10-12(22-18(25)26)8-21-16-9-20-15(7-19)17(24-16)14-6-11-4-2-3-5-13(11)23-14/h2-6,9,12,22-23H,8,10H2,1H3,(H,21,24)(H,25,26). The smallest absolute Gasteiger partial charge is 0.404 e. The van der Waals surface area contributed by atoms with Crippen LogP contribution in [0.4, 0.5) is 10.6 Å². The molecule has 2 heterocycles. The summed E-state index contributed by atoms with van der Waals surface area (Å²) in [4.78, 5) is 22.8. The van der Waals surface area contributed by atoms with Gasteiger partial charge in [-0.15, -0.1) is 0 Å². The highest BCUT2D eigenvalue weighted by Gasteiger charge is 2.14. The number of H-pyrrole nitrogens is 1. The Labute approximate surface area is 160 Å². The number of nitrogens with zero attached hydrogens (tertiary/aromatic N) is 3. The van der Waals surface area contributed by atoms with E-state index in [4.69, 9.17) is 5.11 Å². The molecule has 27 heavy (non-hydrogen) atoms. The first-order chi connectivity index (χ1) is 13.1. The molecule has 138 valence electrons. The first-order valence-electron chi connectivity index (χ1n) is 8.18. The molecule has 1 aromatic carbocycles. The van der Waals surface area contributed by atoms with Crippen LogP contribution in [0.3, 0.4) is 0 Å². The molecule has 8 nitrogen and oxygen atoms in total. The number of thioether (sulfide) groups is 1. The predicted octanol–water partition coefficient (Wildman–Crippen LogP) is 2.91. The van der Waals surface area contributed by atoms with E-state index in [9.17, 15) is 10.1 Å². The summed E-state index contributed by atoms with van der Waals surface area (Å²) < 4.78 is 0. The summed E-state index contributed by atoms with van der Waals surface area (Å²) in [5.41, 5.74) is 2.32. The van der Waals surface area contributed by atoms with E-state index in [1.807, 2.05) is 36.6 Å². The molecule has 2 aromatic heterocycles. The quantitative estimate of drug-likeness (QED) is 0.495. The lowest BCUT2D eigenvalue weighted by Crippen LogP contribution is -2.40. The zero-order valence-electron chi connectivity index (χ0n) is 14.6. The number of nitriles is 1. The van der Waals surface area contributed by atoms with Crippen molar-refractivity contribution in [2.45, 2.75) is 6.04 Å². The van der Waals surface area contributed by atoms with Crippen molar-refractivity contribution in [3.8, 4) is 17.5 Å². The van der Waals surface area contributed by atoms with E-state index >= 15 is 0 Å². The van der Waals surface area contributed by atoms with Gasteiger partial charge >= 0.3 is 6.09 Å². The normalized spacial score (nSPS) is 11.7. The number of rotatable bonds is 7. The van der Waals surface area contributed by atoms with E-state index < -0.39 is 6.09 Å². The average molecular weight is 382 g/mol. The lowest BCUT2D eigenvalue weighted by atomic mass is 10.2. The van der Waals surface area contributed by atoms with Gasteiger partial charge in [0.2, 0.25) is 0 Å². The van der Waals surface area contributed by atoms with Crippen LogP contribution in [0, 0.1) is 11.3 Å². The Hall–Kier alpha value is -3.25. The zero-order chi connectivity index (χ0) is 19.2. The summed E-state index contributed by atoms with van der Waals surface area (Å²) in [5.74, 6) is 1.10. The molecule has 0 spiro atoms. The van der Waals surface area contributed by atoms with Crippen molar-refractivity contribution in [2.24, 2.45) is 0 Å². The van der Waals surface area contributed by atoms with Crippen molar-refractivity contribution in [3.05, 3.63) is 42.2 Å². The minimum Gasteiger partial charge on any atom is -0.465 e. The molecule has 1 atom stereocenters. The number of para-hydroxylation sites is 1. The van der Waals surface area contributed by atoms with Crippen molar-refractivity contribution < 1.29 is 9.90 Å². The summed E-state index contributed by atoms with van der Waals surface area (Å²) in [7, 11) is 0. The molecular formula is C18H18N6O2S. The van der Waals surface area contributed by atoms with E-state index in [0.717, 1.165) is 10.9 Å². The minimum absolute atomic E-state index is 0.219. The Kier molecular flexibility index (Phi) is 5.78. The van der Waals surface area contributed by atoms with E-state index in [0.29, 0.717) is 29.5 Å². The lowest BCUT2D eigenvalue weighted by Gasteiger charge is -2.17. The topological polar surface area (TPSA) is 127 Å². The van der Waals surface area contributed by atoms with Gasteiger partial charge in [0.05, 0.1) is 17.9 Å². The highest BCUT2D eigenvalue weighted by molar-refractivity contribution is 7.98. The first-order valence-corrected chi connectivity index (χ1v) is 9.57. The van der Waals surface area contributed by atoms with E-state index in [2.05, 4.69) is 31.7 Å². The number of carboxylic acid groups (broad SMARTS) is 1. The minimum atomic E-state index is -1.07. The Morgan fingerprint density at radius 1 is 1.44 bits per heavy atom. The SMILES string of the molecule is CSCC(CNc1cnc(C#N)c(-c2cc3ccccc3[nH]2)n1)NC(=O)O. The van der Waals surface area contributed by atoms with Gasteiger partial charge in [0.15, 0.2) is 5.69 Å². The third-order valence-corrected chi connectivity index (χ3v) is 4.62. The van der Waals surface area contributed by atoms with Gasteiger partial charge in [-0.2, -0.15) is 17.0 Å². The number of fused-ring (bicyclic) bond motifs is 1. The van der Waals surface area contributed by atoms with Crippen LogP contribution >= 0.6 is 11.8 Å². The van der Waals surface area contributed by atoms with Crippen molar-refractivity contribution in [3.63, 3.8) is 0 Å². The Morgan fingerprint density at radius 2 is 2.26 bits per heavy atom. The highest BCUT2D eigenvalue weighted by atomic mass is 32.2. The zero-order valence-corrected chi connectivity index (χ0v) is 15.4. The molecule has 0 saturated carbocycles. The summed E-state index contributed by atoms with van der Waals surface area (Å²) in [6.45, 7) is 0.361. The summed E-state index contributed by atoms with van der Waals surface area (Å²) >= 11 is 1.55. The molecule has 3 rings (SSSR count). The number of hydrogen-bond acceptors (Lipinski definition) is 6. The van der Waals surface area contributed by atoms with Crippen LogP contribution in [0.2, 0.25) is 0 Å². The van der Waals surface area contributed by atoms with Crippen molar-refractivity contribution >= 4 is 34.6 Å². The second-order valence-electron chi connectivity index (χ2n) is 5.82. The van der Waals surface area contributed by atoms with Gasteiger partial charge in [-0.1, -0.05) is 18.2 Å². The molecule has 0 radical (unpaired) electrons. The Bertz CT molecular complexity index is 964. The third-order valence-electron chi connectivity index (χ3n) is 3.89. The van der Waals surface area contributed by atoms with E-state index in [1.54, 1.807) is 11.8 Å². The number of carbonyl (C=O) groups is 1. The number of hydrogen-bond donors (Lipinski definition) is 4. The average Bonchev–Trinajstić information content (AvgIpc) is 3.09. The Balaban J connectivity index is 1.85. The second kappa shape index (κ2) is 8.42. The van der Waals surface area contributed by atoms with E-state index in [-0.39, 0.29) is 11.7 Å². The maximum absolute atomic E-state index is 10.9. The number of aromatic amines is 1. The highest BCUT2D eigenvalue weighted by Crippen LogP contribution is 2.25.